The number of ether oxygens (including phenoxy) is 2. The molecular weight excluding hydrogens is 387 g/mol. The lowest BCUT2D eigenvalue weighted by Gasteiger charge is -2.36. The van der Waals surface area contributed by atoms with Crippen molar-refractivity contribution in [3.05, 3.63) is 58.9 Å². The van der Waals surface area contributed by atoms with Crippen LogP contribution in [0.5, 0.6) is 5.75 Å². The number of carbonyl (C=O) groups excluding carboxylic acids is 2. The Morgan fingerprint density at radius 1 is 1.11 bits per heavy atom. The van der Waals surface area contributed by atoms with Gasteiger partial charge in [0.15, 0.2) is 6.61 Å². The summed E-state index contributed by atoms with van der Waals surface area (Å²) in [5, 5.41) is 0.383. The van der Waals surface area contributed by atoms with Crippen LogP contribution in [0.4, 0.5) is 10.1 Å². The molecule has 2 aromatic rings. The van der Waals surface area contributed by atoms with Gasteiger partial charge in [-0.15, -0.1) is 0 Å². The number of benzene rings is 2. The summed E-state index contributed by atoms with van der Waals surface area (Å²) in [7, 11) is 1.26. The zero-order valence-electron chi connectivity index (χ0n) is 15.4. The van der Waals surface area contributed by atoms with Crippen LogP contribution in [-0.2, 0) is 9.53 Å². The second-order valence-corrected chi connectivity index (χ2v) is 6.68. The monoisotopic (exact) mass is 406 g/mol. The summed E-state index contributed by atoms with van der Waals surface area (Å²) < 4.78 is 24.2. The summed E-state index contributed by atoms with van der Waals surface area (Å²) in [6.07, 6.45) is 0. The average molecular weight is 407 g/mol. The van der Waals surface area contributed by atoms with Gasteiger partial charge in [-0.3, -0.25) is 4.79 Å². The van der Waals surface area contributed by atoms with E-state index in [0.29, 0.717) is 36.9 Å². The molecule has 3 rings (SSSR count). The number of esters is 1. The number of carbonyl (C=O) groups is 2. The van der Waals surface area contributed by atoms with Crippen molar-refractivity contribution < 1.29 is 23.5 Å². The second-order valence-electron chi connectivity index (χ2n) is 6.24. The van der Waals surface area contributed by atoms with E-state index in [1.807, 2.05) is 4.90 Å². The van der Waals surface area contributed by atoms with E-state index >= 15 is 0 Å². The van der Waals surface area contributed by atoms with E-state index in [2.05, 4.69) is 0 Å². The molecule has 0 unspecified atom stereocenters. The molecule has 148 valence electrons. The van der Waals surface area contributed by atoms with Crippen molar-refractivity contribution in [2.24, 2.45) is 0 Å². The lowest BCUT2D eigenvalue weighted by molar-refractivity contribution is -0.133. The number of nitrogens with zero attached hydrogens (tertiary/aromatic N) is 2. The first-order valence-electron chi connectivity index (χ1n) is 8.77. The molecule has 2 aromatic carbocycles. The molecule has 1 aliphatic rings. The topological polar surface area (TPSA) is 59.1 Å². The number of hydrogen-bond acceptors (Lipinski definition) is 5. The third kappa shape index (κ3) is 4.54. The summed E-state index contributed by atoms with van der Waals surface area (Å²) in [6, 6.07) is 11.1. The molecule has 6 nitrogen and oxygen atoms in total. The molecule has 0 atom stereocenters. The van der Waals surface area contributed by atoms with Crippen molar-refractivity contribution in [2.45, 2.75) is 0 Å². The van der Waals surface area contributed by atoms with Crippen molar-refractivity contribution in [3.8, 4) is 5.75 Å². The van der Waals surface area contributed by atoms with Crippen molar-refractivity contribution >= 4 is 29.2 Å². The van der Waals surface area contributed by atoms with Gasteiger partial charge in [-0.2, -0.15) is 0 Å². The molecule has 1 heterocycles. The predicted octanol–water partition coefficient (Wildman–Crippen LogP) is 2.99. The Balaban J connectivity index is 1.58. The zero-order chi connectivity index (χ0) is 20.1. The fourth-order valence-electron chi connectivity index (χ4n) is 3.03. The molecule has 0 aliphatic carbocycles. The number of piperazine rings is 1. The Kier molecular flexibility index (Phi) is 6.36. The Labute approximate surface area is 167 Å². The van der Waals surface area contributed by atoms with Crippen LogP contribution in [0.2, 0.25) is 5.02 Å². The first-order chi connectivity index (χ1) is 13.5. The van der Waals surface area contributed by atoms with Crippen molar-refractivity contribution in [2.75, 3.05) is 44.8 Å². The van der Waals surface area contributed by atoms with Gasteiger partial charge < -0.3 is 19.3 Å². The third-order valence-electron chi connectivity index (χ3n) is 4.53. The highest BCUT2D eigenvalue weighted by molar-refractivity contribution is 6.30. The summed E-state index contributed by atoms with van der Waals surface area (Å²) in [4.78, 5) is 27.9. The molecule has 0 radical (unpaired) electrons. The summed E-state index contributed by atoms with van der Waals surface area (Å²) >= 11 is 5.95. The van der Waals surface area contributed by atoms with E-state index in [9.17, 15) is 14.0 Å². The first-order valence-corrected chi connectivity index (χ1v) is 9.15. The van der Waals surface area contributed by atoms with E-state index in [-0.39, 0.29) is 29.6 Å². The zero-order valence-corrected chi connectivity index (χ0v) is 16.1. The molecule has 8 heteroatoms. The van der Waals surface area contributed by atoms with Gasteiger partial charge >= 0.3 is 5.97 Å². The minimum atomic E-state index is -0.572. The first kappa shape index (κ1) is 19.9. The maximum atomic E-state index is 13.9. The van der Waals surface area contributed by atoms with Gasteiger partial charge in [0.1, 0.15) is 17.1 Å². The standard InChI is InChI=1S/C20H20ClFN2O4/c1-27-20(26)15-7-6-14(21)12-18(15)28-13-19(25)24-10-8-23(9-11-24)17-5-3-2-4-16(17)22/h2-7,12H,8-11,13H2,1H3. The number of anilines is 1. The average Bonchev–Trinajstić information content (AvgIpc) is 2.72. The summed E-state index contributed by atoms with van der Waals surface area (Å²) in [5.41, 5.74) is 0.733. The van der Waals surface area contributed by atoms with Crippen LogP contribution in [0, 0.1) is 5.82 Å². The van der Waals surface area contributed by atoms with Crippen LogP contribution in [0.15, 0.2) is 42.5 Å². The molecule has 1 amide bonds. The van der Waals surface area contributed by atoms with Gasteiger partial charge in [0.2, 0.25) is 0 Å². The van der Waals surface area contributed by atoms with E-state index < -0.39 is 5.97 Å². The molecule has 1 fully saturated rings. The Bertz CT molecular complexity index is 869. The lowest BCUT2D eigenvalue weighted by atomic mass is 10.2. The van der Waals surface area contributed by atoms with Crippen molar-refractivity contribution in [3.63, 3.8) is 0 Å². The Morgan fingerprint density at radius 2 is 1.82 bits per heavy atom. The highest BCUT2D eigenvalue weighted by Crippen LogP contribution is 2.24. The van der Waals surface area contributed by atoms with Gasteiger partial charge in [0.05, 0.1) is 12.8 Å². The van der Waals surface area contributed by atoms with Gasteiger partial charge in [0, 0.05) is 31.2 Å². The predicted molar refractivity (Wildman–Crippen MR) is 103 cm³/mol. The Hall–Kier alpha value is -2.80. The quantitative estimate of drug-likeness (QED) is 0.714. The molecule has 1 aliphatic heterocycles. The summed E-state index contributed by atoms with van der Waals surface area (Å²) in [6.45, 7) is 1.73. The van der Waals surface area contributed by atoms with Gasteiger partial charge in [0.25, 0.3) is 5.91 Å². The molecule has 0 bridgehead atoms. The molecule has 0 spiro atoms. The smallest absolute Gasteiger partial charge is 0.341 e. The molecule has 0 N–H and O–H groups in total. The number of amides is 1. The number of methoxy groups -OCH3 is 1. The van der Waals surface area contributed by atoms with Crippen molar-refractivity contribution in [1.82, 2.24) is 4.90 Å². The minimum absolute atomic E-state index is 0.192. The lowest BCUT2D eigenvalue weighted by Crippen LogP contribution is -2.50. The molecule has 0 saturated carbocycles. The van der Waals surface area contributed by atoms with E-state index in [1.54, 1.807) is 29.2 Å². The fourth-order valence-corrected chi connectivity index (χ4v) is 3.19. The highest BCUT2D eigenvalue weighted by Gasteiger charge is 2.23. The minimum Gasteiger partial charge on any atom is -0.483 e. The van der Waals surface area contributed by atoms with Crippen LogP contribution >= 0.6 is 11.6 Å². The van der Waals surface area contributed by atoms with Crippen LogP contribution in [-0.4, -0.2) is 56.7 Å². The fraction of sp³-hybridized carbons (Fsp3) is 0.300. The Morgan fingerprint density at radius 3 is 2.50 bits per heavy atom. The maximum absolute atomic E-state index is 13.9. The highest BCUT2D eigenvalue weighted by atomic mass is 35.5. The van der Waals surface area contributed by atoms with Crippen LogP contribution < -0.4 is 9.64 Å². The maximum Gasteiger partial charge on any atom is 0.341 e. The van der Waals surface area contributed by atoms with E-state index in [0.717, 1.165) is 0 Å². The molecular formula is C20H20ClFN2O4. The SMILES string of the molecule is COC(=O)c1ccc(Cl)cc1OCC(=O)N1CCN(c2ccccc2F)CC1. The molecule has 0 aromatic heterocycles. The number of halogens is 2. The van der Waals surface area contributed by atoms with Crippen molar-refractivity contribution in [1.29, 1.82) is 0 Å². The molecule has 1 saturated heterocycles. The van der Waals surface area contributed by atoms with E-state index in [4.69, 9.17) is 21.1 Å². The van der Waals surface area contributed by atoms with Crippen LogP contribution in [0.1, 0.15) is 10.4 Å². The normalized spacial score (nSPS) is 14.0. The van der Waals surface area contributed by atoms with Crippen LogP contribution in [0.25, 0.3) is 0 Å². The second kappa shape index (κ2) is 8.93. The number of hydrogen-bond donors (Lipinski definition) is 0. The number of rotatable bonds is 5. The summed E-state index contributed by atoms with van der Waals surface area (Å²) in [5.74, 6) is -0.874. The van der Waals surface area contributed by atoms with Gasteiger partial charge in [-0.05, 0) is 30.3 Å². The van der Waals surface area contributed by atoms with Gasteiger partial charge in [-0.25, -0.2) is 9.18 Å². The number of para-hydroxylation sites is 1. The van der Waals surface area contributed by atoms with Crippen LogP contribution in [0.3, 0.4) is 0 Å². The van der Waals surface area contributed by atoms with E-state index in [1.165, 1.54) is 25.3 Å². The van der Waals surface area contributed by atoms with Gasteiger partial charge in [-0.1, -0.05) is 23.7 Å². The third-order valence-corrected chi connectivity index (χ3v) is 4.76. The largest absolute Gasteiger partial charge is 0.483 e. The molecule has 28 heavy (non-hydrogen) atoms.